The van der Waals surface area contributed by atoms with Gasteiger partial charge in [-0.2, -0.15) is 0 Å². The van der Waals surface area contributed by atoms with E-state index in [9.17, 15) is 24.3 Å². The molecule has 1 aromatic heterocycles. The third-order valence-corrected chi connectivity index (χ3v) is 6.60. The van der Waals surface area contributed by atoms with Gasteiger partial charge in [-0.05, 0) is 31.4 Å². The maximum Gasteiger partial charge on any atom is 0.410 e. The Balaban J connectivity index is 2.07. The van der Waals surface area contributed by atoms with E-state index in [1.165, 1.54) is 7.11 Å². The van der Waals surface area contributed by atoms with Crippen LogP contribution in [-0.2, 0) is 14.3 Å². The van der Waals surface area contributed by atoms with Crippen molar-refractivity contribution in [2.75, 3.05) is 33.4 Å². The second-order valence-corrected chi connectivity index (χ2v) is 9.26. The minimum atomic E-state index is -1.08. The largest absolute Gasteiger partial charge is 0.495 e. The molecule has 2 unspecified atom stereocenters. The first-order valence-corrected chi connectivity index (χ1v) is 12.3. The Hall–Kier alpha value is -3.89. The van der Waals surface area contributed by atoms with Gasteiger partial charge in [0.05, 0.1) is 36.9 Å². The number of carboxylic acids is 1. The van der Waals surface area contributed by atoms with Crippen molar-refractivity contribution in [3.8, 4) is 5.75 Å². The number of pyridine rings is 1. The van der Waals surface area contributed by atoms with Crippen molar-refractivity contribution in [1.82, 2.24) is 14.8 Å². The van der Waals surface area contributed by atoms with E-state index in [1.807, 2.05) is 13.8 Å². The van der Waals surface area contributed by atoms with Crippen molar-refractivity contribution in [1.29, 1.82) is 0 Å². The summed E-state index contributed by atoms with van der Waals surface area (Å²) in [7, 11) is 1.40. The van der Waals surface area contributed by atoms with Crippen LogP contribution in [0.2, 0.25) is 0 Å². The van der Waals surface area contributed by atoms with Gasteiger partial charge in [-0.15, -0.1) is 0 Å². The zero-order valence-electron chi connectivity index (χ0n) is 21.6. The molecule has 200 valence electrons. The summed E-state index contributed by atoms with van der Waals surface area (Å²) in [5.74, 6) is -3.14. The van der Waals surface area contributed by atoms with Gasteiger partial charge in [0.15, 0.2) is 0 Å². The molecule has 0 aliphatic carbocycles. The second-order valence-electron chi connectivity index (χ2n) is 9.26. The van der Waals surface area contributed by atoms with Crippen LogP contribution in [0.1, 0.15) is 55.6 Å². The molecule has 37 heavy (non-hydrogen) atoms. The van der Waals surface area contributed by atoms with Gasteiger partial charge in [-0.1, -0.05) is 26.0 Å². The van der Waals surface area contributed by atoms with Crippen LogP contribution in [0.25, 0.3) is 10.9 Å². The number of amides is 3. The molecular formula is C26H34N4O7. The molecule has 1 aromatic carbocycles. The van der Waals surface area contributed by atoms with Crippen LogP contribution < -0.4 is 10.5 Å². The number of nitrogens with zero attached hydrogens (tertiary/aromatic N) is 3. The van der Waals surface area contributed by atoms with Gasteiger partial charge in [0.25, 0.3) is 5.91 Å². The Labute approximate surface area is 215 Å². The molecular weight excluding hydrogens is 480 g/mol. The molecule has 0 radical (unpaired) electrons. The molecule has 11 heteroatoms. The fourth-order valence-electron chi connectivity index (χ4n) is 4.78. The Bertz CT molecular complexity index is 1180. The highest BCUT2D eigenvalue weighted by molar-refractivity contribution is 6.04. The summed E-state index contributed by atoms with van der Waals surface area (Å²) in [4.78, 5) is 58.4. The Morgan fingerprint density at radius 1 is 1.19 bits per heavy atom. The number of carbonyl (C=O) groups is 4. The molecule has 3 N–H and O–H groups in total. The highest BCUT2D eigenvalue weighted by atomic mass is 16.6. The topological polar surface area (TPSA) is 152 Å². The minimum Gasteiger partial charge on any atom is -0.495 e. The lowest BCUT2D eigenvalue weighted by atomic mass is 9.90. The molecule has 1 aliphatic rings. The smallest absolute Gasteiger partial charge is 0.410 e. The van der Waals surface area contributed by atoms with E-state index in [4.69, 9.17) is 15.2 Å². The lowest BCUT2D eigenvalue weighted by Gasteiger charge is -2.43. The molecule has 0 saturated carbocycles. The number of benzene rings is 1. The van der Waals surface area contributed by atoms with Crippen molar-refractivity contribution in [2.45, 2.75) is 45.6 Å². The van der Waals surface area contributed by atoms with Crippen LogP contribution in [0, 0.1) is 5.92 Å². The van der Waals surface area contributed by atoms with Crippen molar-refractivity contribution in [3.05, 3.63) is 35.5 Å². The number of primary amides is 1. The SMILES string of the molecule is CCOC(=O)N1CCN(C(=O)C(CCC(=O)O)c2nc3ccccc3c(OC)c2C(N)=O)CC1C(C)C. The Morgan fingerprint density at radius 2 is 1.89 bits per heavy atom. The van der Waals surface area contributed by atoms with E-state index < -0.39 is 23.9 Å². The highest BCUT2D eigenvalue weighted by Gasteiger charge is 2.39. The van der Waals surface area contributed by atoms with Crippen LogP contribution in [0.15, 0.2) is 24.3 Å². The third-order valence-electron chi connectivity index (χ3n) is 6.60. The van der Waals surface area contributed by atoms with Gasteiger partial charge in [0, 0.05) is 31.4 Å². The fraction of sp³-hybridized carbons (Fsp3) is 0.500. The van der Waals surface area contributed by atoms with Crippen LogP contribution in [0.5, 0.6) is 5.75 Å². The maximum absolute atomic E-state index is 14.0. The Kier molecular flexibility index (Phi) is 8.90. The van der Waals surface area contributed by atoms with Gasteiger partial charge in [0.2, 0.25) is 5.91 Å². The summed E-state index contributed by atoms with van der Waals surface area (Å²) < 4.78 is 10.7. The normalized spacial score (nSPS) is 16.5. The van der Waals surface area contributed by atoms with Crippen molar-refractivity contribution < 1.29 is 33.8 Å². The number of aliphatic carboxylic acids is 1. The molecule has 2 aromatic rings. The molecule has 1 saturated heterocycles. The standard InChI is InChI=1S/C26H34N4O7/c1-5-37-26(35)30-13-12-29(14-19(30)15(2)3)25(34)17(10-11-20(31)32)22-21(24(27)33)23(36-4)16-8-6-7-9-18(16)28-22/h6-9,15,17,19H,5,10-14H2,1-4H3,(H2,27,33)(H,31,32). The average molecular weight is 515 g/mol. The van der Waals surface area contributed by atoms with Crippen LogP contribution in [-0.4, -0.2) is 83.2 Å². The number of nitrogens with two attached hydrogens (primary N) is 1. The van der Waals surface area contributed by atoms with E-state index in [2.05, 4.69) is 4.98 Å². The summed E-state index contributed by atoms with van der Waals surface area (Å²) in [6.07, 6.45) is -0.845. The summed E-state index contributed by atoms with van der Waals surface area (Å²) >= 11 is 0. The number of methoxy groups -OCH3 is 1. The van der Waals surface area contributed by atoms with E-state index in [0.717, 1.165) is 0 Å². The minimum absolute atomic E-state index is 0.0255. The van der Waals surface area contributed by atoms with E-state index >= 15 is 0 Å². The number of aromatic nitrogens is 1. The fourth-order valence-corrected chi connectivity index (χ4v) is 4.78. The molecule has 1 aliphatic heterocycles. The third kappa shape index (κ3) is 5.92. The number of hydrogen-bond acceptors (Lipinski definition) is 7. The molecule has 3 rings (SSSR count). The summed E-state index contributed by atoms with van der Waals surface area (Å²) in [5.41, 5.74) is 6.26. The van der Waals surface area contributed by atoms with Crippen molar-refractivity contribution >= 4 is 34.8 Å². The second kappa shape index (κ2) is 11.9. The van der Waals surface area contributed by atoms with Crippen molar-refractivity contribution in [2.24, 2.45) is 11.7 Å². The number of fused-ring (bicyclic) bond motifs is 1. The number of carboxylic acid groups (broad SMARTS) is 1. The number of ether oxygens (including phenoxy) is 2. The summed E-state index contributed by atoms with van der Waals surface area (Å²) in [6, 6.07) is 6.68. The van der Waals surface area contributed by atoms with Gasteiger partial charge in [-0.3, -0.25) is 19.4 Å². The first-order chi connectivity index (χ1) is 17.6. The molecule has 3 amide bonds. The van der Waals surface area contributed by atoms with Gasteiger partial charge < -0.3 is 30.1 Å². The maximum atomic E-state index is 14.0. The van der Waals surface area contributed by atoms with E-state index in [1.54, 1.807) is 41.0 Å². The Morgan fingerprint density at radius 3 is 2.49 bits per heavy atom. The van der Waals surface area contributed by atoms with E-state index in [-0.39, 0.29) is 74.0 Å². The molecule has 2 atom stereocenters. The number of piperazine rings is 1. The zero-order valence-corrected chi connectivity index (χ0v) is 21.6. The van der Waals surface area contributed by atoms with Crippen LogP contribution in [0.3, 0.4) is 0 Å². The highest BCUT2D eigenvalue weighted by Crippen LogP contribution is 2.36. The lowest BCUT2D eigenvalue weighted by molar-refractivity contribution is -0.138. The van der Waals surface area contributed by atoms with Crippen LogP contribution in [0.4, 0.5) is 4.79 Å². The van der Waals surface area contributed by atoms with Crippen molar-refractivity contribution in [3.63, 3.8) is 0 Å². The van der Waals surface area contributed by atoms with Gasteiger partial charge >= 0.3 is 12.1 Å². The quantitative estimate of drug-likeness (QED) is 0.518. The summed E-state index contributed by atoms with van der Waals surface area (Å²) in [5, 5.41) is 9.94. The molecule has 1 fully saturated rings. The molecule has 0 bridgehead atoms. The monoisotopic (exact) mass is 514 g/mol. The number of carbonyl (C=O) groups excluding carboxylic acids is 3. The van der Waals surface area contributed by atoms with E-state index in [0.29, 0.717) is 10.9 Å². The van der Waals surface area contributed by atoms with Gasteiger partial charge in [0.1, 0.15) is 11.3 Å². The van der Waals surface area contributed by atoms with Crippen LogP contribution >= 0.6 is 0 Å². The first-order valence-electron chi connectivity index (χ1n) is 12.3. The molecule has 11 nitrogen and oxygen atoms in total. The molecule has 2 heterocycles. The zero-order chi connectivity index (χ0) is 27.3. The first kappa shape index (κ1) is 27.7. The predicted octanol–water partition coefficient (Wildman–Crippen LogP) is 2.62. The van der Waals surface area contributed by atoms with Gasteiger partial charge in [-0.25, -0.2) is 4.79 Å². The number of hydrogen-bond donors (Lipinski definition) is 2. The molecule has 0 spiro atoms. The lowest BCUT2D eigenvalue weighted by Crippen LogP contribution is -2.59. The average Bonchev–Trinajstić information content (AvgIpc) is 2.87. The summed E-state index contributed by atoms with van der Waals surface area (Å²) in [6.45, 7) is 6.59. The predicted molar refractivity (Wildman–Crippen MR) is 135 cm³/mol. The number of rotatable bonds is 9. The number of para-hydroxylation sites is 1.